The minimum absolute atomic E-state index is 0.286. The van der Waals surface area contributed by atoms with Gasteiger partial charge in [0.15, 0.2) is 0 Å². The van der Waals surface area contributed by atoms with Crippen molar-refractivity contribution < 1.29 is 19.8 Å². The maximum atomic E-state index is 12.3. The van der Waals surface area contributed by atoms with Crippen LogP contribution in [0.2, 0.25) is 0 Å². The summed E-state index contributed by atoms with van der Waals surface area (Å²) in [7, 11) is 1.63. The number of carbonyl (C=O) groups excluding carboxylic acids is 1. The molecule has 2 N–H and O–H groups in total. The summed E-state index contributed by atoms with van der Waals surface area (Å²) in [5, 5.41) is 19.4. The van der Waals surface area contributed by atoms with Crippen molar-refractivity contribution in [1.29, 1.82) is 0 Å². The molecule has 2 fully saturated rings. The van der Waals surface area contributed by atoms with Crippen molar-refractivity contribution >= 4 is 12.0 Å². The van der Waals surface area contributed by atoms with Gasteiger partial charge in [0, 0.05) is 13.6 Å². The van der Waals surface area contributed by atoms with Crippen molar-refractivity contribution in [2.75, 3.05) is 20.1 Å². The lowest BCUT2D eigenvalue weighted by Gasteiger charge is -2.32. The molecule has 2 aliphatic rings. The van der Waals surface area contributed by atoms with Crippen LogP contribution >= 0.6 is 0 Å². The minimum Gasteiger partial charge on any atom is -0.480 e. The molecule has 6 heteroatoms. The van der Waals surface area contributed by atoms with E-state index in [1.54, 1.807) is 7.05 Å². The van der Waals surface area contributed by atoms with Crippen LogP contribution in [0, 0.1) is 0 Å². The summed E-state index contributed by atoms with van der Waals surface area (Å²) in [5.41, 5.74) is -0.789. The van der Waals surface area contributed by atoms with E-state index in [9.17, 15) is 14.7 Å². The maximum absolute atomic E-state index is 12.3. The molecule has 0 bridgehead atoms. The third kappa shape index (κ3) is 3.00. The fourth-order valence-electron chi connectivity index (χ4n) is 3.17. The molecule has 6 nitrogen and oxygen atoms in total. The van der Waals surface area contributed by atoms with E-state index in [2.05, 4.69) is 0 Å². The SMILES string of the molecule is CN(CC1(O)CCCC1)C(=O)N1CCC[C@H]1C(=O)O. The Hall–Kier alpha value is -1.30. The van der Waals surface area contributed by atoms with Crippen molar-refractivity contribution in [3.8, 4) is 0 Å². The number of carboxylic acids is 1. The van der Waals surface area contributed by atoms with Gasteiger partial charge < -0.3 is 20.0 Å². The molecule has 2 amide bonds. The lowest BCUT2D eigenvalue weighted by molar-refractivity contribution is -0.141. The summed E-state index contributed by atoms with van der Waals surface area (Å²) >= 11 is 0. The van der Waals surface area contributed by atoms with Crippen LogP contribution in [-0.4, -0.2) is 63.8 Å². The highest BCUT2D eigenvalue weighted by atomic mass is 16.4. The van der Waals surface area contributed by atoms with E-state index in [-0.39, 0.29) is 12.6 Å². The smallest absolute Gasteiger partial charge is 0.326 e. The highest BCUT2D eigenvalue weighted by molar-refractivity contribution is 5.83. The quantitative estimate of drug-likeness (QED) is 0.798. The molecule has 0 radical (unpaired) electrons. The Kier molecular flexibility index (Phi) is 3.99. The van der Waals surface area contributed by atoms with Crippen LogP contribution < -0.4 is 0 Å². The summed E-state index contributed by atoms with van der Waals surface area (Å²) in [4.78, 5) is 26.2. The number of nitrogens with zero attached hydrogens (tertiary/aromatic N) is 2. The number of hydrogen-bond donors (Lipinski definition) is 2. The predicted molar refractivity (Wildman–Crippen MR) is 68.8 cm³/mol. The lowest BCUT2D eigenvalue weighted by atomic mass is 10.0. The first-order valence-electron chi connectivity index (χ1n) is 6.90. The Morgan fingerprint density at radius 3 is 2.53 bits per heavy atom. The second-order valence-corrected chi connectivity index (χ2v) is 5.76. The standard InChI is InChI=1S/C13H22N2O4/c1-14(9-13(19)6-2-3-7-13)12(18)15-8-4-5-10(15)11(16)17/h10,19H,2-9H2,1H3,(H,16,17)/t10-/m0/s1. The van der Waals surface area contributed by atoms with Gasteiger partial charge in [-0.1, -0.05) is 12.8 Å². The van der Waals surface area contributed by atoms with Gasteiger partial charge in [-0.05, 0) is 25.7 Å². The normalized spacial score (nSPS) is 25.6. The van der Waals surface area contributed by atoms with E-state index >= 15 is 0 Å². The van der Waals surface area contributed by atoms with Gasteiger partial charge in [-0.2, -0.15) is 0 Å². The van der Waals surface area contributed by atoms with Crippen LogP contribution in [0.4, 0.5) is 4.79 Å². The number of aliphatic hydroxyl groups is 1. The van der Waals surface area contributed by atoms with Crippen LogP contribution in [-0.2, 0) is 4.79 Å². The Morgan fingerprint density at radius 2 is 1.95 bits per heavy atom. The maximum Gasteiger partial charge on any atom is 0.326 e. The largest absolute Gasteiger partial charge is 0.480 e. The average Bonchev–Trinajstić information content (AvgIpc) is 2.96. The molecular formula is C13H22N2O4. The molecule has 1 saturated heterocycles. The van der Waals surface area contributed by atoms with Crippen molar-refractivity contribution in [3.63, 3.8) is 0 Å². The first-order chi connectivity index (χ1) is 8.93. The van der Waals surface area contributed by atoms with Crippen molar-refractivity contribution in [2.24, 2.45) is 0 Å². The van der Waals surface area contributed by atoms with E-state index in [1.807, 2.05) is 0 Å². The van der Waals surface area contributed by atoms with Gasteiger partial charge >= 0.3 is 12.0 Å². The third-order valence-electron chi connectivity index (χ3n) is 4.18. The summed E-state index contributed by atoms with van der Waals surface area (Å²) in [6, 6.07) is -1.00. The third-order valence-corrected chi connectivity index (χ3v) is 4.18. The van der Waals surface area contributed by atoms with Gasteiger partial charge in [0.1, 0.15) is 6.04 Å². The van der Waals surface area contributed by atoms with Gasteiger partial charge in [0.05, 0.1) is 12.1 Å². The van der Waals surface area contributed by atoms with Crippen molar-refractivity contribution in [3.05, 3.63) is 0 Å². The summed E-state index contributed by atoms with van der Waals surface area (Å²) in [6.45, 7) is 0.771. The van der Waals surface area contributed by atoms with Crippen molar-refractivity contribution in [1.82, 2.24) is 9.80 Å². The van der Waals surface area contributed by atoms with Gasteiger partial charge in [-0.3, -0.25) is 0 Å². The van der Waals surface area contributed by atoms with Gasteiger partial charge in [-0.15, -0.1) is 0 Å². The second kappa shape index (κ2) is 5.36. The number of carboxylic acid groups (broad SMARTS) is 1. The zero-order valence-electron chi connectivity index (χ0n) is 11.3. The molecule has 1 heterocycles. The predicted octanol–water partition coefficient (Wildman–Crippen LogP) is 0.892. The van der Waals surface area contributed by atoms with Crippen LogP contribution in [0.25, 0.3) is 0 Å². The highest BCUT2D eigenvalue weighted by Crippen LogP contribution is 2.30. The minimum atomic E-state index is -0.946. The molecule has 0 aromatic carbocycles. The molecule has 1 saturated carbocycles. The second-order valence-electron chi connectivity index (χ2n) is 5.76. The van der Waals surface area contributed by atoms with Gasteiger partial charge in [-0.25, -0.2) is 9.59 Å². The fraction of sp³-hybridized carbons (Fsp3) is 0.846. The molecule has 1 atom stereocenters. The van der Waals surface area contributed by atoms with Gasteiger partial charge in [0.2, 0.25) is 0 Å². The fourth-order valence-corrected chi connectivity index (χ4v) is 3.17. The molecule has 0 unspecified atom stereocenters. The molecule has 2 rings (SSSR count). The molecule has 1 aliphatic carbocycles. The number of likely N-dealkylation sites (tertiary alicyclic amines) is 1. The number of urea groups is 1. The van der Waals surface area contributed by atoms with E-state index in [0.717, 1.165) is 19.3 Å². The zero-order valence-corrected chi connectivity index (χ0v) is 11.3. The van der Waals surface area contributed by atoms with Crippen LogP contribution in [0.1, 0.15) is 38.5 Å². The molecular weight excluding hydrogens is 248 g/mol. The van der Waals surface area contributed by atoms with Gasteiger partial charge in [0.25, 0.3) is 0 Å². The summed E-state index contributed by atoms with van der Waals surface area (Å²) < 4.78 is 0. The molecule has 108 valence electrons. The summed E-state index contributed by atoms with van der Waals surface area (Å²) in [5.74, 6) is -0.946. The summed E-state index contributed by atoms with van der Waals surface area (Å²) in [6.07, 6.45) is 4.64. The first kappa shape index (κ1) is 14.1. The zero-order chi connectivity index (χ0) is 14.0. The number of rotatable bonds is 3. The first-order valence-corrected chi connectivity index (χ1v) is 6.90. The average molecular weight is 270 g/mol. The van der Waals surface area contributed by atoms with Crippen molar-refractivity contribution in [2.45, 2.75) is 50.2 Å². The molecule has 19 heavy (non-hydrogen) atoms. The number of likely N-dealkylation sites (N-methyl/N-ethyl adjacent to an activating group) is 1. The highest BCUT2D eigenvalue weighted by Gasteiger charge is 2.38. The number of hydrogen-bond acceptors (Lipinski definition) is 3. The molecule has 0 spiro atoms. The Morgan fingerprint density at radius 1 is 1.32 bits per heavy atom. The van der Waals surface area contributed by atoms with E-state index in [4.69, 9.17) is 5.11 Å². The molecule has 1 aliphatic heterocycles. The number of aliphatic carboxylic acids is 1. The Bertz CT molecular complexity index is 366. The van der Waals surface area contributed by atoms with E-state index in [0.29, 0.717) is 25.8 Å². The monoisotopic (exact) mass is 270 g/mol. The number of amides is 2. The molecule has 0 aromatic heterocycles. The van der Waals surface area contributed by atoms with E-state index < -0.39 is 17.6 Å². The molecule has 0 aromatic rings. The van der Waals surface area contributed by atoms with Crippen LogP contribution in [0.5, 0.6) is 0 Å². The van der Waals surface area contributed by atoms with Crippen LogP contribution in [0.3, 0.4) is 0 Å². The van der Waals surface area contributed by atoms with Crippen LogP contribution in [0.15, 0.2) is 0 Å². The van der Waals surface area contributed by atoms with E-state index in [1.165, 1.54) is 9.80 Å². The topological polar surface area (TPSA) is 81.1 Å². The lowest BCUT2D eigenvalue weighted by Crippen LogP contribution is -2.50. The Labute approximate surface area is 113 Å². The number of carbonyl (C=O) groups is 2. The Balaban J connectivity index is 1.96.